The summed E-state index contributed by atoms with van der Waals surface area (Å²) in [6.07, 6.45) is 7.04. The molecular formula is C17H27N5O2. The van der Waals surface area contributed by atoms with Gasteiger partial charge < -0.3 is 21.5 Å². The average Bonchev–Trinajstić information content (AvgIpc) is 2.49. The smallest absolute Gasteiger partial charge is 0.254 e. The highest BCUT2D eigenvalue weighted by Gasteiger charge is 2.33. The number of aliphatic hydroxyl groups excluding tert-OH is 1. The molecular weight excluding hydrogens is 306 g/mol. The molecule has 0 radical (unpaired) electrons. The van der Waals surface area contributed by atoms with E-state index in [1.54, 1.807) is 0 Å². The van der Waals surface area contributed by atoms with Crippen LogP contribution in [0.25, 0.3) is 0 Å². The number of primary amides is 1. The molecule has 24 heavy (non-hydrogen) atoms. The van der Waals surface area contributed by atoms with Gasteiger partial charge in [-0.15, -0.1) is 0 Å². The number of nitrogens with zero attached hydrogens (tertiary/aromatic N) is 2. The lowest BCUT2D eigenvalue weighted by molar-refractivity contribution is 0.0739. The van der Waals surface area contributed by atoms with Crippen LogP contribution in [-0.4, -0.2) is 38.7 Å². The molecule has 2 aliphatic carbocycles. The monoisotopic (exact) mass is 333 g/mol. The van der Waals surface area contributed by atoms with Crippen molar-refractivity contribution >= 4 is 17.7 Å². The van der Waals surface area contributed by atoms with E-state index in [0.717, 1.165) is 25.7 Å². The van der Waals surface area contributed by atoms with Crippen molar-refractivity contribution in [3.05, 3.63) is 11.8 Å². The maximum absolute atomic E-state index is 11.7. The molecule has 2 fully saturated rings. The molecule has 0 aromatic carbocycles. The molecule has 0 spiro atoms. The van der Waals surface area contributed by atoms with Crippen LogP contribution in [0.4, 0.5) is 11.8 Å². The predicted octanol–water partition coefficient (Wildman–Crippen LogP) is 1.89. The summed E-state index contributed by atoms with van der Waals surface area (Å²) in [7, 11) is 0. The molecule has 3 rings (SSSR count). The molecule has 3 atom stereocenters. The first-order valence-corrected chi connectivity index (χ1v) is 8.76. The number of carbonyl (C=O) groups excluding carboxylic acids is 1. The fourth-order valence-corrected chi connectivity index (χ4v) is 3.46. The van der Waals surface area contributed by atoms with E-state index in [1.807, 2.05) is 0 Å². The van der Waals surface area contributed by atoms with Crippen LogP contribution in [0.3, 0.4) is 0 Å². The Morgan fingerprint density at radius 2 is 2.17 bits per heavy atom. The number of aromatic nitrogens is 2. The highest BCUT2D eigenvalue weighted by atomic mass is 16.3. The van der Waals surface area contributed by atoms with Crippen LogP contribution in [0, 0.1) is 5.92 Å². The van der Waals surface area contributed by atoms with Gasteiger partial charge in [0.15, 0.2) is 0 Å². The lowest BCUT2D eigenvalue weighted by Gasteiger charge is -2.39. The standard InChI is InChI=1S/C17H27N5O2/c1-10-4-5-11(8-13(10)23)20-15-12(14(18)24)9-19-16(21-15)22-17(2)6-3-7-17/h9-11,13,23H,3-8H2,1-2H3,(H2,18,24)(H2,19,20,21,22)/t10-,11?,13-/m1/s1. The second-order valence-electron chi connectivity index (χ2n) is 7.56. The van der Waals surface area contributed by atoms with E-state index in [2.05, 4.69) is 34.4 Å². The largest absolute Gasteiger partial charge is 0.393 e. The van der Waals surface area contributed by atoms with E-state index in [4.69, 9.17) is 5.73 Å². The highest BCUT2D eigenvalue weighted by Crippen LogP contribution is 2.34. The van der Waals surface area contributed by atoms with Crippen molar-refractivity contribution in [1.29, 1.82) is 0 Å². The number of amides is 1. The summed E-state index contributed by atoms with van der Waals surface area (Å²) in [6.45, 7) is 4.20. The highest BCUT2D eigenvalue weighted by molar-refractivity contribution is 5.97. The Kier molecular flexibility index (Phi) is 4.62. The molecule has 1 aromatic rings. The van der Waals surface area contributed by atoms with Gasteiger partial charge in [0.1, 0.15) is 5.82 Å². The normalized spacial score (nSPS) is 28.7. The number of anilines is 2. The van der Waals surface area contributed by atoms with Gasteiger partial charge in [-0.2, -0.15) is 4.98 Å². The van der Waals surface area contributed by atoms with Crippen LogP contribution in [0.5, 0.6) is 0 Å². The van der Waals surface area contributed by atoms with Crippen LogP contribution in [0.2, 0.25) is 0 Å². The maximum atomic E-state index is 11.7. The minimum atomic E-state index is -0.552. The van der Waals surface area contributed by atoms with Crippen molar-refractivity contribution < 1.29 is 9.90 Å². The minimum Gasteiger partial charge on any atom is -0.393 e. The number of hydrogen-bond acceptors (Lipinski definition) is 6. The molecule has 0 aliphatic heterocycles. The summed E-state index contributed by atoms with van der Waals surface area (Å²) in [5.74, 6) is 0.715. The number of nitrogens with one attached hydrogen (secondary N) is 2. The van der Waals surface area contributed by atoms with Gasteiger partial charge in [-0.25, -0.2) is 4.98 Å². The number of rotatable bonds is 5. The van der Waals surface area contributed by atoms with Crippen LogP contribution in [0.1, 0.15) is 62.7 Å². The third-order valence-corrected chi connectivity index (χ3v) is 5.42. The van der Waals surface area contributed by atoms with E-state index in [9.17, 15) is 9.90 Å². The van der Waals surface area contributed by atoms with Crippen LogP contribution in [0.15, 0.2) is 6.20 Å². The third-order valence-electron chi connectivity index (χ3n) is 5.42. The van der Waals surface area contributed by atoms with Gasteiger partial charge >= 0.3 is 0 Å². The summed E-state index contributed by atoms with van der Waals surface area (Å²) in [5, 5.41) is 16.7. The van der Waals surface area contributed by atoms with Gasteiger partial charge in [-0.05, 0) is 51.4 Å². The fourth-order valence-electron chi connectivity index (χ4n) is 3.46. The first-order valence-electron chi connectivity index (χ1n) is 8.76. The van der Waals surface area contributed by atoms with Crippen molar-refractivity contribution in [2.45, 2.75) is 70.1 Å². The maximum Gasteiger partial charge on any atom is 0.254 e. The minimum absolute atomic E-state index is 0.0297. The number of aliphatic hydroxyl groups is 1. The first-order chi connectivity index (χ1) is 11.4. The molecule has 0 bridgehead atoms. The van der Waals surface area contributed by atoms with E-state index < -0.39 is 5.91 Å². The Morgan fingerprint density at radius 1 is 1.42 bits per heavy atom. The van der Waals surface area contributed by atoms with Crippen LogP contribution < -0.4 is 16.4 Å². The molecule has 1 aromatic heterocycles. The lowest BCUT2D eigenvalue weighted by atomic mass is 9.79. The van der Waals surface area contributed by atoms with E-state index in [0.29, 0.717) is 24.1 Å². The van der Waals surface area contributed by atoms with Crippen molar-refractivity contribution in [3.8, 4) is 0 Å². The van der Waals surface area contributed by atoms with E-state index in [1.165, 1.54) is 12.6 Å². The Bertz CT molecular complexity index is 617. The summed E-state index contributed by atoms with van der Waals surface area (Å²) in [5.41, 5.74) is 5.77. The summed E-state index contributed by atoms with van der Waals surface area (Å²) in [6, 6.07) is 0.0799. The van der Waals surface area contributed by atoms with Gasteiger partial charge in [0.05, 0.1) is 11.7 Å². The lowest BCUT2D eigenvalue weighted by Crippen LogP contribution is -2.42. The number of hydrogen-bond donors (Lipinski definition) is 4. The second-order valence-corrected chi connectivity index (χ2v) is 7.56. The average molecular weight is 333 g/mol. The van der Waals surface area contributed by atoms with Crippen LogP contribution >= 0.6 is 0 Å². The van der Waals surface area contributed by atoms with Gasteiger partial charge in [0.2, 0.25) is 5.95 Å². The molecule has 0 saturated heterocycles. The summed E-state index contributed by atoms with van der Waals surface area (Å²) in [4.78, 5) is 20.4. The summed E-state index contributed by atoms with van der Waals surface area (Å²) < 4.78 is 0. The zero-order valence-corrected chi connectivity index (χ0v) is 14.4. The summed E-state index contributed by atoms with van der Waals surface area (Å²) >= 11 is 0. The molecule has 5 N–H and O–H groups in total. The number of nitrogens with two attached hydrogens (primary N) is 1. The van der Waals surface area contributed by atoms with Crippen molar-refractivity contribution in [1.82, 2.24) is 9.97 Å². The molecule has 1 heterocycles. The molecule has 2 saturated carbocycles. The Labute approximate surface area is 142 Å². The van der Waals surface area contributed by atoms with Gasteiger partial charge in [0.25, 0.3) is 5.91 Å². The molecule has 2 aliphatic rings. The van der Waals surface area contributed by atoms with Crippen molar-refractivity contribution in [3.63, 3.8) is 0 Å². The predicted molar refractivity (Wildman–Crippen MR) is 92.9 cm³/mol. The third kappa shape index (κ3) is 3.61. The fraction of sp³-hybridized carbons (Fsp3) is 0.706. The Hall–Kier alpha value is -1.89. The quantitative estimate of drug-likeness (QED) is 0.654. The molecule has 7 heteroatoms. The second kappa shape index (κ2) is 6.55. The first kappa shape index (κ1) is 17.0. The molecule has 7 nitrogen and oxygen atoms in total. The van der Waals surface area contributed by atoms with Gasteiger partial charge in [-0.1, -0.05) is 6.92 Å². The van der Waals surface area contributed by atoms with Gasteiger partial charge in [0, 0.05) is 17.8 Å². The van der Waals surface area contributed by atoms with Crippen molar-refractivity contribution in [2.75, 3.05) is 10.6 Å². The van der Waals surface area contributed by atoms with Gasteiger partial charge in [-0.3, -0.25) is 4.79 Å². The Morgan fingerprint density at radius 3 is 2.75 bits per heavy atom. The molecule has 1 amide bonds. The molecule has 132 valence electrons. The van der Waals surface area contributed by atoms with E-state index >= 15 is 0 Å². The van der Waals surface area contributed by atoms with Crippen LogP contribution in [-0.2, 0) is 0 Å². The Balaban J connectivity index is 1.77. The SMILES string of the molecule is C[C@@H]1CCC(Nc2nc(NC3(C)CCC3)ncc2C(N)=O)C[C@H]1O. The number of carbonyl (C=O) groups is 1. The zero-order chi connectivity index (χ0) is 17.3. The van der Waals surface area contributed by atoms with Crippen molar-refractivity contribution in [2.24, 2.45) is 11.7 Å². The van der Waals surface area contributed by atoms with E-state index in [-0.39, 0.29) is 23.2 Å². The molecule has 1 unspecified atom stereocenters. The zero-order valence-electron chi connectivity index (χ0n) is 14.4. The topological polar surface area (TPSA) is 113 Å².